The molecule has 0 saturated carbocycles. The highest BCUT2D eigenvalue weighted by atomic mass is 16.7. The van der Waals surface area contributed by atoms with Crippen molar-refractivity contribution in [3.8, 4) is 5.75 Å². The minimum absolute atomic E-state index is 0.0252. The molecular formula is C22H32O6. The van der Waals surface area contributed by atoms with Crippen molar-refractivity contribution in [3.63, 3.8) is 0 Å². The van der Waals surface area contributed by atoms with Gasteiger partial charge in [0.1, 0.15) is 25.1 Å². The largest absolute Gasteiger partial charge is 0.490 e. The van der Waals surface area contributed by atoms with Crippen molar-refractivity contribution in [1.29, 1.82) is 0 Å². The summed E-state index contributed by atoms with van der Waals surface area (Å²) in [5.74, 6) is 0.164. The van der Waals surface area contributed by atoms with E-state index in [1.165, 1.54) is 0 Å². The average Bonchev–Trinajstić information content (AvgIpc) is 2.69. The fourth-order valence-electron chi connectivity index (χ4n) is 2.95. The number of ether oxygens (including phenoxy) is 4. The second-order valence-electron chi connectivity index (χ2n) is 7.23. The van der Waals surface area contributed by atoms with Crippen molar-refractivity contribution in [2.75, 3.05) is 13.2 Å². The quantitative estimate of drug-likeness (QED) is 0.508. The van der Waals surface area contributed by atoms with E-state index in [0.29, 0.717) is 17.7 Å². The Labute approximate surface area is 167 Å². The number of esters is 1. The van der Waals surface area contributed by atoms with Crippen LogP contribution in [-0.2, 0) is 19.0 Å². The number of carbonyl (C=O) groups excluding carboxylic acids is 1. The molecule has 6 heteroatoms. The molecule has 4 unspecified atom stereocenters. The third-order valence-electron chi connectivity index (χ3n) is 4.75. The van der Waals surface area contributed by atoms with Gasteiger partial charge in [0.25, 0.3) is 0 Å². The molecule has 0 spiro atoms. The van der Waals surface area contributed by atoms with Crippen LogP contribution in [0.15, 0.2) is 30.4 Å². The van der Waals surface area contributed by atoms with E-state index < -0.39 is 12.1 Å². The third-order valence-corrected chi connectivity index (χ3v) is 4.75. The summed E-state index contributed by atoms with van der Waals surface area (Å²) in [4.78, 5) is 11.6. The fourth-order valence-corrected chi connectivity index (χ4v) is 2.95. The van der Waals surface area contributed by atoms with Gasteiger partial charge in [-0.25, -0.2) is 4.79 Å². The molecule has 1 aliphatic heterocycles. The molecule has 1 aromatic carbocycles. The monoisotopic (exact) mass is 392 g/mol. The zero-order valence-corrected chi connectivity index (χ0v) is 17.3. The Bertz CT molecular complexity index is 671. The maximum absolute atomic E-state index is 11.6. The lowest BCUT2D eigenvalue weighted by atomic mass is 10.1. The van der Waals surface area contributed by atoms with Gasteiger partial charge in [0, 0.05) is 11.1 Å². The molecule has 1 aliphatic rings. The van der Waals surface area contributed by atoms with E-state index in [2.05, 4.69) is 20.4 Å². The molecule has 28 heavy (non-hydrogen) atoms. The SMILES string of the molecule is C=C(CC)C(=O)OCC(O)COc1ccc(C2OC(C)CC(CC)O2)cc1C. The predicted octanol–water partition coefficient (Wildman–Crippen LogP) is 3.85. The zero-order valence-electron chi connectivity index (χ0n) is 17.3. The van der Waals surface area contributed by atoms with Crippen LogP contribution in [0.3, 0.4) is 0 Å². The van der Waals surface area contributed by atoms with Crippen molar-refractivity contribution in [1.82, 2.24) is 0 Å². The molecular weight excluding hydrogens is 360 g/mol. The topological polar surface area (TPSA) is 74.2 Å². The van der Waals surface area contributed by atoms with Crippen LogP contribution in [0.1, 0.15) is 57.5 Å². The van der Waals surface area contributed by atoms with Gasteiger partial charge < -0.3 is 24.1 Å². The summed E-state index contributed by atoms with van der Waals surface area (Å²) in [6.07, 6.45) is 1.44. The molecule has 1 aromatic rings. The first-order valence-electron chi connectivity index (χ1n) is 9.91. The van der Waals surface area contributed by atoms with Gasteiger partial charge in [-0.05, 0) is 50.8 Å². The van der Waals surface area contributed by atoms with E-state index in [4.69, 9.17) is 18.9 Å². The molecule has 1 heterocycles. The molecule has 4 atom stereocenters. The number of carbonyl (C=O) groups is 1. The number of rotatable bonds is 9. The van der Waals surface area contributed by atoms with E-state index in [1.54, 1.807) is 0 Å². The van der Waals surface area contributed by atoms with Gasteiger partial charge in [0.15, 0.2) is 6.29 Å². The van der Waals surface area contributed by atoms with E-state index in [9.17, 15) is 9.90 Å². The van der Waals surface area contributed by atoms with Crippen LogP contribution in [0.5, 0.6) is 5.75 Å². The van der Waals surface area contributed by atoms with Crippen molar-refractivity contribution < 1.29 is 28.8 Å². The van der Waals surface area contributed by atoms with Gasteiger partial charge in [-0.3, -0.25) is 0 Å². The standard InChI is InChI=1S/C22H32O6/c1-6-14(3)21(24)26-13-18(23)12-25-20-9-8-17(10-15(20)4)22-27-16(5)11-19(7-2)28-22/h8-10,16,18-19,22-23H,3,6-7,11-13H2,1-2,4-5H3. The molecule has 1 fully saturated rings. The Kier molecular flexibility index (Phi) is 8.48. The zero-order chi connectivity index (χ0) is 20.7. The summed E-state index contributed by atoms with van der Waals surface area (Å²) in [5.41, 5.74) is 2.24. The second kappa shape index (κ2) is 10.6. The molecule has 1 saturated heterocycles. The smallest absolute Gasteiger partial charge is 0.333 e. The van der Waals surface area contributed by atoms with Gasteiger partial charge in [0.2, 0.25) is 0 Å². The van der Waals surface area contributed by atoms with Gasteiger partial charge >= 0.3 is 5.97 Å². The maximum atomic E-state index is 11.6. The number of hydrogen-bond donors (Lipinski definition) is 1. The van der Waals surface area contributed by atoms with Crippen LogP contribution in [0.25, 0.3) is 0 Å². The second-order valence-corrected chi connectivity index (χ2v) is 7.23. The molecule has 0 bridgehead atoms. The summed E-state index contributed by atoms with van der Waals surface area (Å²) in [7, 11) is 0. The average molecular weight is 392 g/mol. The van der Waals surface area contributed by atoms with Crippen LogP contribution in [0, 0.1) is 6.92 Å². The summed E-state index contributed by atoms with van der Waals surface area (Å²) in [5, 5.41) is 9.98. The van der Waals surface area contributed by atoms with Crippen LogP contribution >= 0.6 is 0 Å². The van der Waals surface area contributed by atoms with Crippen molar-refractivity contribution >= 4 is 5.97 Å². The van der Waals surface area contributed by atoms with E-state index in [1.807, 2.05) is 32.0 Å². The van der Waals surface area contributed by atoms with Crippen molar-refractivity contribution in [2.24, 2.45) is 0 Å². The Balaban J connectivity index is 1.88. The molecule has 0 aliphatic carbocycles. The molecule has 156 valence electrons. The maximum Gasteiger partial charge on any atom is 0.333 e. The van der Waals surface area contributed by atoms with Crippen molar-refractivity contribution in [3.05, 3.63) is 41.5 Å². The Hall–Kier alpha value is -1.89. The number of aryl methyl sites for hydroxylation is 1. The predicted molar refractivity (Wildman–Crippen MR) is 106 cm³/mol. The number of aliphatic hydroxyl groups excluding tert-OH is 1. The minimum Gasteiger partial charge on any atom is -0.490 e. The normalized spacial score (nSPS) is 23.1. The van der Waals surface area contributed by atoms with Gasteiger partial charge in [-0.2, -0.15) is 0 Å². The number of aliphatic hydroxyl groups is 1. The van der Waals surface area contributed by atoms with E-state index >= 15 is 0 Å². The first-order valence-corrected chi connectivity index (χ1v) is 9.91. The van der Waals surface area contributed by atoms with E-state index in [0.717, 1.165) is 24.0 Å². The minimum atomic E-state index is -0.913. The molecule has 0 amide bonds. The van der Waals surface area contributed by atoms with Crippen molar-refractivity contribution in [2.45, 2.75) is 71.6 Å². The molecule has 0 aromatic heterocycles. The Morgan fingerprint density at radius 1 is 1.32 bits per heavy atom. The van der Waals surface area contributed by atoms with Gasteiger partial charge in [-0.15, -0.1) is 0 Å². The summed E-state index contributed by atoms with van der Waals surface area (Å²) in [6.45, 7) is 11.4. The van der Waals surface area contributed by atoms with Crippen LogP contribution in [0.4, 0.5) is 0 Å². The molecule has 2 rings (SSSR count). The lowest BCUT2D eigenvalue weighted by molar-refractivity contribution is -0.243. The molecule has 6 nitrogen and oxygen atoms in total. The lowest BCUT2D eigenvalue weighted by Crippen LogP contribution is -2.31. The third kappa shape index (κ3) is 6.33. The molecule has 0 radical (unpaired) electrons. The highest BCUT2D eigenvalue weighted by Gasteiger charge is 2.28. The summed E-state index contributed by atoms with van der Waals surface area (Å²) in [6, 6.07) is 5.73. The first kappa shape index (κ1) is 22.4. The van der Waals surface area contributed by atoms with Gasteiger partial charge in [0.05, 0.1) is 12.2 Å². The van der Waals surface area contributed by atoms with Gasteiger partial charge in [-0.1, -0.05) is 26.5 Å². The summed E-state index contributed by atoms with van der Waals surface area (Å²) < 4.78 is 22.6. The first-order chi connectivity index (χ1) is 13.3. The number of benzene rings is 1. The van der Waals surface area contributed by atoms with Crippen LogP contribution in [0.2, 0.25) is 0 Å². The Morgan fingerprint density at radius 2 is 2.07 bits per heavy atom. The summed E-state index contributed by atoms with van der Waals surface area (Å²) >= 11 is 0. The molecule has 1 N–H and O–H groups in total. The highest BCUT2D eigenvalue weighted by Crippen LogP contribution is 2.33. The Morgan fingerprint density at radius 3 is 2.71 bits per heavy atom. The van der Waals surface area contributed by atoms with E-state index in [-0.39, 0.29) is 31.7 Å². The fraction of sp³-hybridized carbons (Fsp3) is 0.591. The lowest BCUT2D eigenvalue weighted by Gasteiger charge is -2.34. The number of hydrogen-bond acceptors (Lipinski definition) is 6. The van der Waals surface area contributed by atoms with Crippen LogP contribution in [-0.4, -0.2) is 42.6 Å². The van der Waals surface area contributed by atoms with Crippen LogP contribution < -0.4 is 4.74 Å². The highest BCUT2D eigenvalue weighted by molar-refractivity contribution is 5.87.